The fourth-order valence-corrected chi connectivity index (χ4v) is 3.17. The second kappa shape index (κ2) is 8.89. The third-order valence-electron chi connectivity index (χ3n) is 3.84. The fourth-order valence-electron chi connectivity index (χ4n) is 2.75. The van der Waals surface area contributed by atoms with Crippen LogP contribution in [0.15, 0.2) is 4.99 Å². The van der Waals surface area contributed by atoms with Crippen LogP contribution in [0, 0.1) is 0 Å². The lowest BCUT2D eigenvalue weighted by molar-refractivity contribution is 0.373. The number of fused-ring (bicyclic) bond motifs is 1. The number of guanidine groups is 1. The van der Waals surface area contributed by atoms with E-state index in [0.29, 0.717) is 0 Å². The maximum Gasteiger partial charge on any atom is 0.199 e. The molecular weight excluding hydrogens is 251 g/mol. The van der Waals surface area contributed by atoms with Crippen LogP contribution in [0.1, 0.15) is 25.7 Å². The first-order valence-corrected chi connectivity index (χ1v) is 8.34. The van der Waals surface area contributed by atoms with Crippen LogP contribution in [0.5, 0.6) is 0 Å². The standard InChI is InChI=1S/C13H26B2N3P/c19-18-12-4-8-15-7-3-11-17-10-2-6-14-5-1-9-16-13(17)18/h1-12,19H2. The van der Waals surface area contributed by atoms with Crippen molar-refractivity contribution in [3.63, 3.8) is 0 Å². The topological polar surface area (TPSA) is 18.8 Å². The monoisotopic (exact) mass is 277 g/mol. The Labute approximate surface area is 122 Å². The van der Waals surface area contributed by atoms with Crippen molar-refractivity contribution in [1.29, 1.82) is 0 Å². The first-order chi connectivity index (χ1) is 9.38. The second-order valence-corrected chi connectivity index (χ2v) is 6.13. The van der Waals surface area contributed by atoms with Gasteiger partial charge in [0.1, 0.15) is 14.6 Å². The van der Waals surface area contributed by atoms with E-state index in [2.05, 4.69) is 33.5 Å². The van der Waals surface area contributed by atoms with Crippen molar-refractivity contribution in [2.75, 3.05) is 26.2 Å². The summed E-state index contributed by atoms with van der Waals surface area (Å²) in [4.78, 5) is 7.38. The van der Waals surface area contributed by atoms with Crippen molar-refractivity contribution in [2.45, 2.75) is 51.0 Å². The van der Waals surface area contributed by atoms with Crippen molar-refractivity contribution >= 4 is 29.9 Å². The van der Waals surface area contributed by atoms with E-state index in [1.165, 1.54) is 56.9 Å². The molecule has 3 nitrogen and oxygen atoms in total. The molecule has 0 bridgehead atoms. The fraction of sp³-hybridized carbons (Fsp3) is 0.923. The maximum absolute atomic E-state index is 4.88. The molecule has 0 spiro atoms. The van der Waals surface area contributed by atoms with Gasteiger partial charge in [0.25, 0.3) is 0 Å². The van der Waals surface area contributed by atoms with Gasteiger partial charge in [-0.2, -0.15) is 0 Å². The Kier molecular flexibility index (Phi) is 7.13. The quantitative estimate of drug-likeness (QED) is 0.500. The molecule has 1 atom stereocenters. The van der Waals surface area contributed by atoms with Crippen molar-refractivity contribution in [3.05, 3.63) is 0 Å². The Morgan fingerprint density at radius 1 is 0.842 bits per heavy atom. The Balaban J connectivity index is 2.06. The zero-order valence-electron chi connectivity index (χ0n) is 12.1. The molecule has 2 aliphatic rings. The molecule has 0 aliphatic carbocycles. The summed E-state index contributed by atoms with van der Waals surface area (Å²) >= 11 is 0. The molecule has 0 N–H and O–H groups in total. The van der Waals surface area contributed by atoms with Crippen LogP contribution in [-0.2, 0) is 0 Å². The SMILES string of the molecule is PN1CCC[B]CCCN2CCC[B]CCCN=C12. The Morgan fingerprint density at radius 3 is 2.11 bits per heavy atom. The smallest absolute Gasteiger partial charge is 0.199 e. The van der Waals surface area contributed by atoms with E-state index in [0.717, 1.165) is 26.2 Å². The highest BCUT2D eigenvalue weighted by atomic mass is 31.0. The van der Waals surface area contributed by atoms with Crippen LogP contribution in [0.3, 0.4) is 0 Å². The molecule has 0 aromatic heterocycles. The van der Waals surface area contributed by atoms with Gasteiger partial charge in [-0.05, 0) is 35.1 Å². The Bertz CT molecular complexity index is 289. The summed E-state index contributed by atoms with van der Waals surface area (Å²) in [7, 11) is 7.78. The van der Waals surface area contributed by atoms with Crippen LogP contribution in [0.2, 0.25) is 25.3 Å². The summed E-state index contributed by atoms with van der Waals surface area (Å²) in [6, 6.07) is 0. The number of rotatable bonds is 0. The van der Waals surface area contributed by atoms with Crippen LogP contribution < -0.4 is 0 Å². The molecule has 19 heavy (non-hydrogen) atoms. The molecule has 2 heterocycles. The van der Waals surface area contributed by atoms with Gasteiger partial charge in [-0.1, -0.05) is 25.3 Å². The average Bonchev–Trinajstić information content (AvgIpc) is 2.43. The van der Waals surface area contributed by atoms with Crippen LogP contribution in [-0.4, -0.2) is 56.3 Å². The lowest BCUT2D eigenvalue weighted by Crippen LogP contribution is -2.42. The largest absolute Gasteiger partial charge is 0.343 e. The highest BCUT2D eigenvalue weighted by molar-refractivity contribution is 7.14. The van der Waals surface area contributed by atoms with Gasteiger partial charge in [0.05, 0.1) is 0 Å². The number of aliphatic imine (C=N–C) groups is 1. The third-order valence-corrected chi connectivity index (χ3v) is 4.33. The van der Waals surface area contributed by atoms with E-state index in [4.69, 9.17) is 4.99 Å². The van der Waals surface area contributed by atoms with E-state index in [1.54, 1.807) is 0 Å². The molecule has 0 amide bonds. The van der Waals surface area contributed by atoms with Crippen molar-refractivity contribution in [1.82, 2.24) is 9.57 Å². The first kappa shape index (κ1) is 15.2. The Hall–Kier alpha value is -0.170. The molecule has 2 rings (SSSR count). The van der Waals surface area contributed by atoms with Gasteiger partial charge >= 0.3 is 0 Å². The molecule has 2 radical (unpaired) electrons. The number of nitrogens with zero attached hydrogens (tertiary/aromatic N) is 3. The summed E-state index contributed by atoms with van der Waals surface area (Å²) in [5, 5.41) is 0. The summed E-state index contributed by atoms with van der Waals surface area (Å²) < 4.78 is 2.30. The van der Waals surface area contributed by atoms with Crippen molar-refractivity contribution < 1.29 is 0 Å². The van der Waals surface area contributed by atoms with Gasteiger partial charge < -0.3 is 9.57 Å². The normalized spacial score (nSPS) is 23.5. The molecule has 0 aromatic rings. The van der Waals surface area contributed by atoms with Gasteiger partial charge in [-0.25, -0.2) is 0 Å². The number of hydrogen-bond acceptors (Lipinski definition) is 3. The first-order valence-electron chi connectivity index (χ1n) is 7.83. The predicted molar refractivity (Wildman–Crippen MR) is 89.5 cm³/mol. The third kappa shape index (κ3) is 5.38. The molecule has 6 heteroatoms. The van der Waals surface area contributed by atoms with Crippen LogP contribution >= 0.6 is 9.39 Å². The molecule has 1 saturated heterocycles. The molecule has 0 saturated carbocycles. The molecule has 104 valence electrons. The molecule has 0 aromatic carbocycles. The van der Waals surface area contributed by atoms with E-state index in [-0.39, 0.29) is 0 Å². The van der Waals surface area contributed by atoms with Crippen LogP contribution in [0.25, 0.3) is 0 Å². The van der Waals surface area contributed by atoms with E-state index < -0.39 is 0 Å². The van der Waals surface area contributed by atoms with E-state index >= 15 is 0 Å². The summed E-state index contributed by atoms with van der Waals surface area (Å²) in [5.41, 5.74) is 0. The summed E-state index contributed by atoms with van der Waals surface area (Å²) in [5.74, 6) is 1.22. The van der Waals surface area contributed by atoms with Gasteiger partial charge in [0.2, 0.25) is 0 Å². The van der Waals surface area contributed by atoms with Gasteiger partial charge in [0, 0.05) is 26.2 Å². The lowest BCUT2D eigenvalue weighted by atomic mass is 9.68. The lowest BCUT2D eigenvalue weighted by Gasteiger charge is -2.33. The van der Waals surface area contributed by atoms with Gasteiger partial charge in [-0.15, -0.1) is 0 Å². The Morgan fingerprint density at radius 2 is 1.42 bits per heavy atom. The van der Waals surface area contributed by atoms with Crippen molar-refractivity contribution in [3.8, 4) is 0 Å². The zero-order valence-corrected chi connectivity index (χ0v) is 13.2. The number of hydrogen-bond donors (Lipinski definition) is 0. The van der Waals surface area contributed by atoms with Crippen LogP contribution in [0.4, 0.5) is 0 Å². The minimum Gasteiger partial charge on any atom is -0.343 e. The summed E-state index contributed by atoms with van der Waals surface area (Å²) in [6.07, 6.45) is 9.95. The van der Waals surface area contributed by atoms with Crippen molar-refractivity contribution in [2.24, 2.45) is 4.99 Å². The molecule has 1 unspecified atom stereocenters. The highest BCUT2D eigenvalue weighted by Crippen LogP contribution is 2.14. The second-order valence-electron chi connectivity index (χ2n) is 5.51. The molecular formula is C13H26B2N3P. The van der Waals surface area contributed by atoms with E-state index in [1.807, 2.05) is 0 Å². The molecule has 1 fully saturated rings. The molecule has 2 aliphatic heterocycles. The maximum atomic E-state index is 4.88. The minimum atomic E-state index is 0.972. The van der Waals surface area contributed by atoms with E-state index in [9.17, 15) is 0 Å². The predicted octanol–water partition coefficient (Wildman–Crippen LogP) is 2.41. The minimum absolute atomic E-state index is 0.972. The van der Waals surface area contributed by atoms with Gasteiger partial charge in [-0.3, -0.25) is 4.99 Å². The van der Waals surface area contributed by atoms with Gasteiger partial charge in [0.15, 0.2) is 5.96 Å². The summed E-state index contributed by atoms with van der Waals surface area (Å²) in [6.45, 7) is 4.38. The zero-order chi connectivity index (χ0) is 13.3. The average molecular weight is 277 g/mol. The highest BCUT2D eigenvalue weighted by Gasteiger charge is 2.17.